The fourth-order valence-corrected chi connectivity index (χ4v) is 2.40. The molecule has 1 aromatic heterocycles. The quantitative estimate of drug-likeness (QED) is 0.876. The summed E-state index contributed by atoms with van der Waals surface area (Å²) in [7, 11) is 0. The Morgan fingerprint density at radius 1 is 1.21 bits per heavy atom. The highest BCUT2D eigenvalue weighted by Gasteiger charge is 2.14. The summed E-state index contributed by atoms with van der Waals surface area (Å²) in [6.45, 7) is 8.12. The number of carbonyl (C=O) groups excluding carboxylic acids is 1. The van der Waals surface area contributed by atoms with Crippen LogP contribution in [0.2, 0.25) is 0 Å². The molecular weight excluding hydrogens is 306 g/mol. The number of benzene rings is 1. The molecule has 1 amide bonds. The number of carbonyl (C=O) groups is 1. The van der Waals surface area contributed by atoms with Crippen LogP contribution in [-0.4, -0.2) is 28.3 Å². The van der Waals surface area contributed by atoms with Crippen LogP contribution in [-0.2, 0) is 11.3 Å². The third-order valence-electron chi connectivity index (χ3n) is 3.50. The lowest BCUT2D eigenvalue weighted by atomic mass is 10.1. The average molecular weight is 329 g/mol. The van der Waals surface area contributed by atoms with E-state index in [9.17, 15) is 9.59 Å². The molecule has 0 aliphatic carbocycles. The Balaban J connectivity index is 1.87. The van der Waals surface area contributed by atoms with Crippen molar-refractivity contribution in [2.45, 2.75) is 40.3 Å². The highest BCUT2D eigenvalue weighted by Crippen LogP contribution is 2.17. The van der Waals surface area contributed by atoms with Crippen molar-refractivity contribution in [3.05, 3.63) is 57.5 Å². The van der Waals surface area contributed by atoms with E-state index in [0.717, 1.165) is 16.8 Å². The van der Waals surface area contributed by atoms with Gasteiger partial charge in [-0.2, -0.15) is 5.10 Å². The van der Waals surface area contributed by atoms with E-state index in [1.165, 1.54) is 10.7 Å². The van der Waals surface area contributed by atoms with Gasteiger partial charge < -0.3 is 10.1 Å². The minimum absolute atomic E-state index is 0.186. The van der Waals surface area contributed by atoms with Gasteiger partial charge >= 0.3 is 0 Å². The van der Waals surface area contributed by atoms with Crippen LogP contribution in [0.5, 0.6) is 5.75 Å². The van der Waals surface area contributed by atoms with Crippen molar-refractivity contribution >= 4 is 5.91 Å². The number of rotatable bonds is 6. The lowest BCUT2D eigenvalue weighted by molar-refractivity contribution is -0.127. The van der Waals surface area contributed by atoms with Gasteiger partial charge in [-0.3, -0.25) is 9.59 Å². The Kier molecular flexibility index (Phi) is 5.73. The highest BCUT2D eigenvalue weighted by atomic mass is 16.5. The van der Waals surface area contributed by atoms with Crippen molar-refractivity contribution in [2.75, 3.05) is 6.54 Å². The van der Waals surface area contributed by atoms with E-state index in [1.807, 2.05) is 39.0 Å². The van der Waals surface area contributed by atoms with Crippen molar-refractivity contribution in [1.29, 1.82) is 0 Å². The third-order valence-corrected chi connectivity index (χ3v) is 3.50. The standard InChI is InChI=1S/C18H23N3O3/c1-12-9-13(2)11-16(10-12)24-15(4)18(23)19-7-8-21-17(22)6-5-14(3)20-21/h5-6,9-11,15H,7-8H2,1-4H3,(H,19,23). The van der Waals surface area contributed by atoms with Crippen LogP contribution in [0, 0.1) is 20.8 Å². The second-order valence-electron chi connectivity index (χ2n) is 5.91. The van der Waals surface area contributed by atoms with Gasteiger partial charge in [0.1, 0.15) is 5.75 Å². The molecule has 1 unspecified atom stereocenters. The summed E-state index contributed by atoms with van der Waals surface area (Å²) in [5, 5.41) is 6.89. The Morgan fingerprint density at radius 3 is 2.54 bits per heavy atom. The molecule has 0 aliphatic rings. The fourth-order valence-electron chi connectivity index (χ4n) is 2.40. The summed E-state index contributed by atoms with van der Waals surface area (Å²) in [6.07, 6.45) is -0.617. The molecule has 6 heteroatoms. The van der Waals surface area contributed by atoms with Crippen LogP contribution in [0.15, 0.2) is 35.1 Å². The average Bonchev–Trinajstić information content (AvgIpc) is 2.49. The maximum Gasteiger partial charge on any atom is 0.266 e. The van der Waals surface area contributed by atoms with Crippen molar-refractivity contribution < 1.29 is 9.53 Å². The van der Waals surface area contributed by atoms with E-state index >= 15 is 0 Å². The number of ether oxygens (including phenoxy) is 1. The molecule has 0 aliphatic heterocycles. The smallest absolute Gasteiger partial charge is 0.266 e. The number of hydrogen-bond acceptors (Lipinski definition) is 4. The molecule has 1 heterocycles. The number of hydrogen-bond donors (Lipinski definition) is 1. The van der Waals surface area contributed by atoms with E-state index in [4.69, 9.17) is 4.74 Å². The van der Waals surface area contributed by atoms with Crippen LogP contribution in [0.25, 0.3) is 0 Å². The van der Waals surface area contributed by atoms with Crippen LogP contribution in [0.3, 0.4) is 0 Å². The Hall–Kier alpha value is -2.63. The molecule has 0 bridgehead atoms. The first kappa shape index (κ1) is 17.7. The predicted octanol–water partition coefficient (Wildman–Crippen LogP) is 1.75. The molecule has 0 saturated carbocycles. The number of aromatic nitrogens is 2. The molecule has 0 spiro atoms. The number of nitrogens with zero attached hydrogens (tertiary/aromatic N) is 2. The topological polar surface area (TPSA) is 73.2 Å². The van der Waals surface area contributed by atoms with Crippen molar-refractivity contribution in [3.63, 3.8) is 0 Å². The van der Waals surface area contributed by atoms with Gasteiger partial charge in [0.05, 0.1) is 12.2 Å². The van der Waals surface area contributed by atoms with Gasteiger partial charge in [0, 0.05) is 12.6 Å². The van der Waals surface area contributed by atoms with E-state index in [1.54, 1.807) is 13.0 Å². The summed E-state index contributed by atoms with van der Waals surface area (Å²) in [4.78, 5) is 23.8. The first-order chi connectivity index (χ1) is 11.3. The monoisotopic (exact) mass is 329 g/mol. The van der Waals surface area contributed by atoms with Crippen LogP contribution < -0.4 is 15.6 Å². The van der Waals surface area contributed by atoms with Gasteiger partial charge in [0.2, 0.25) is 0 Å². The normalized spacial score (nSPS) is 11.8. The molecular formula is C18H23N3O3. The Bertz CT molecular complexity index is 763. The van der Waals surface area contributed by atoms with Crippen LogP contribution >= 0.6 is 0 Å². The summed E-state index contributed by atoms with van der Waals surface area (Å²) in [6, 6.07) is 8.97. The summed E-state index contributed by atoms with van der Waals surface area (Å²) >= 11 is 0. The van der Waals surface area contributed by atoms with Gasteiger partial charge in [-0.1, -0.05) is 6.07 Å². The number of amides is 1. The third kappa shape index (κ3) is 4.94. The Morgan fingerprint density at radius 2 is 1.88 bits per heavy atom. The molecule has 2 rings (SSSR count). The van der Waals surface area contributed by atoms with Crippen molar-refractivity contribution in [1.82, 2.24) is 15.1 Å². The zero-order valence-electron chi connectivity index (χ0n) is 14.5. The summed E-state index contributed by atoms with van der Waals surface area (Å²) in [5.74, 6) is 0.446. The molecule has 1 N–H and O–H groups in total. The van der Waals surface area contributed by atoms with Gasteiger partial charge in [-0.05, 0) is 57.0 Å². The lowest BCUT2D eigenvalue weighted by Gasteiger charge is -2.16. The molecule has 1 atom stereocenters. The molecule has 0 radical (unpaired) electrons. The first-order valence-electron chi connectivity index (χ1n) is 7.92. The van der Waals surface area contributed by atoms with E-state index in [2.05, 4.69) is 10.4 Å². The highest BCUT2D eigenvalue weighted by molar-refractivity contribution is 5.80. The molecule has 0 fully saturated rings. The number of nitrogens with one attached hydrogen (secondary N) is 1. The zero-order chi connectivity index (χ0) is 17.7. The van der Waals surface area contributed by atoms with Gasteiger partial charge in [-0.25, -0.2) is 4.68 Å². The predicted molar refractivity (Wildman–Crippen MR) is 92.2 cm³/mol. The molecule has 128 valence electrons. The maximum atomic E-state index is 12.1. The van der Waals surface area contributed by atoms with E-state index in [0.29, 0.717) is 18.8 Å². The number of aryl methyl sites for hydroxylation is 3. The van der Waals surface area contributed by atoms with Gasteiger partial charge in [0.25, 0.3) is 11.5 Å². The van der Waals surface area contributed by atoms with Gasteiger partial charge in [-0.15, -0.1) is 0 Å². The molecule has 0 saturated heterocycles. The largest absolute Gasteiger partial charge is 0.481 e. The minimum Gasteiger partial charge on any atom is -0.481 e. The zero-order valence-corrected chi connectivity index (χ0v) is 14.5. The summed E-state index contributed by atoms with van der Waals surface area (Å²) in [5.41, 5.74) is 2.74. The lowest BCUT2D eigenvalue weighted by Crippen LogP contribution is -2.39. The van der Waals surface area contributed by atoms with Gasteiger partial charge in [0.15, 0.2) is 6.10 Å². The fraction of sp³-hybridized carbons (Fsp3) is 0.389. The Labute approximate surface area is 141 Å². The molecule has 6 nitrogen and oxygen atoms in total. The SMILES string of the molecule is Cc1cc(C)cc(OC(C)C(=O)NCCn2nc(C)ccc2=O)c1. The molecule has 2 aromatic rings. The van der Waals surface area contributed by atoms with Crippen molar-refractivity contribution in [3.8, 4) is 5.75 Å². The molecule has 24 heavy (non-hydrogen) atoms. The van der Waals surface area contributed by atoms with Crippen molar-refractivity contribution in [2.24, 2.45) is 0 Å². The van der Waals surface area contributed by atoms with E-state index < -0.39 is 6.10 Å². The molecule has 1 aromatic carbocycles. The maximum absolute atomic E-state index is 12.1. The van der Waals surface area contributed by atoms with E-state index in [-0.39, 0.29) is 11.5 Å². The summed E-state index contributed by atoms with van der Waals surface area (Å²) < 4.78 is 7.03. The first-order valence-corrected chi connectivity index (χ1v) is 7.92. The second kappa shape index (κ2) is 7.77. The second-order valence-corrected chi connectivity index (χ2v) is 5.91. The van der Waals surface area contributed by atoms with Crippen LogP contribution in [0.1, 0.15) is 23.7 Å². The minimum atomic E-state index is -0.617. The van der Waals surface area contributed by atoms with Crippen LogP contribution in [0.4, 0.5) is 0 Å².